The number of aliphatic hydroxyl groups excluding tert-OH is 1. The molecule has 0 aromatic carbocycles. The zero-order valence-electron chi connectivity index (χ0n) is 8.84. The molecular formula is C12H13Cl2OZr. The molecule has 2 aliphatic carbocycles. The van der Waals surface area contributed by atoms with Crippen LogP contribution >= 0.6 is 0 Å². The number of allylic oxidation sites excluding steroid dienone is 7. The molecular weight excluding hydrogens is 322 g/mol. The fraction of sp³-hybridized carbons (Fsp3) is 0.333. The first kappa shape index (κ1) is 18.7. The van der Waals surface area contributed by atoms with Crippen molar-refractivity contribution in [2.45, 2.75) is 19.3 Å². The molecule has 1 radical (unpaired) electrons. The average Bonchev–Trinajstić information content (AvgIpc) is 2.71. The summed E-state index contributed by atoms with van der Waals surface area (Å²) in [5, 5.41) is 8.86. The third-order valence-corrected chi connectivity index (χ3v) is 2.43. The summed E-state index contributed by atoms with van der Waals surface area (Å²) in [7, 11) is 0. The van der Waals surface area contributed by atoms with Gasteiger partial charge in [-0.2, -0.15) is 11.6 Å². The summed E-state index contributed by atoms with van der Waals surface area (Å²) >= 11 is 0. The molecule has 2 rings (SSSR count). The van der Waals surface area contributed by atoms with Crippen LogP contribution in [-0.2, 0) is 26.2 Å². The number of halogens is 2. The van der Waals surface area contributed by atoms with Crippen molar-refractivity contribution in [3.05, 3.63) is 47.1 Å². The van der Waals surface area contributed by atoms with Crippen LogP contribution in [0, 0.1) is 6.08 Å². The Kier molecular flexibility index (Phi) is 11.0. The van der Waals surface area contributed by atoms with Crippen LogP contribution in [0.5, 0.6) is 0 Å². The Morgan fingerprint density at radius 3 is 2.62 bits per heavy atom. The molecule has 2 aliphatic rings. The zero-order chi connectivity index (χ0) is 9.10. The molecule has 0 amide bonds. The van der Waals surface area contributed by atoms with Crippen LogP contribution in [0.15, 0.2) is 41.0 Å². The average molecular weight is 335 g/mol. The van der Waals surface area contributed by atoms with Gasteiger partial charge in [-0.25, -0.2) is 5.57 Å². The van der Waals surface area contributed by atoms with Crippen molar-refractivity contribution in [1.82, 2.24) is 0 Å². The van der Waals surface area contributed by atoms with Gasteiger partial charge < -0.3 is 29.9 Å². The standard InChI is InChI=1S/C12H13O.2ClH.Zr/c13-9-8-11-6-3-7-12(11)10-4-1-2-5-10;;;/h1-2,4,7,13H,3,5,8-9H2;2*1H;/q-1;;;+3/p-2. The van der Waals surface area contributed by atoms with E-state index in [1.54, 1.807) is 0 Å². The van der Waals surface area contributed by atoms with Crippen LogP contribution in [0.4, 0.5) is 0 Å². The maximum Gasteiger partial charge on any atom is 3.00 e. The molecule has 0 aromatic rings. The molecule has 0 fully saturated rings. The van der Waals surface area contributed by atoms with Crippen molar-refractivity contribution >= 4 is 0 Å². The molecule has 0 saturated heterocycles. The second-order valence-corrected chi connectivity index (χ2v) is 3.28. The van der Waals surface area contributed by atoms with Crippen molar-refractivity contribution in [2.24, 2.45) is 0 Å². The van der Waals surface area contributed by atoms with E-state index in [2.05, 4.69) is 30.4 Å². The molecule has 0 aliphatic heterocycles. The van der Waals surface area contributed by atoms with Crippen LogP contribution in [0.2, 0.25) is 0 Å². The Labute approximate surface area is 128 Å². The first-order valence-electron chi connectivity index (χ1n) is 4.69. The minimum atomic E-state index is 0. The molecule has 0 saturated carbocycles. The third-order valence-electron chi connectivity index (χ3n) is 2.43. The normalized spacial score (nSPS) is 16.4. The summed E-state index contributed by atoms with van der Waals surface area (Å²) in [5.41, 5.74) is 3.87. The van der Waals surface area contributed by atoms with E-state index in [4.69, 9.17) is 5.11 Å². The maximum absolute atomic E-state index is 8.86. The van der Waals surface area contributed by atoms with E-state index in [-0.39, 0.29) is 57.6 Å². The van der Waals surface area contributed by atoms with Crippen LogP contribution in [-0.4, -0.2) is 11.7 Å². The van der Waals surface area contributed by atoms with E-state index >= 15 is 0 Å². The Balaban J connectivity index is 0. The minimum Gasteiger partial charge on any atom is -1.00 e. The Morgan fingerprint density at radius 2 is 2.06 bits per heavy atom. The Morgan fingerprint density at radius 1 is 1.31 bits per heavy atom. The van der Waals surface area contributed by atoms with Crippen molar-refractivity contribution in [3.63, 3.8) is 0 Å². The van der Waals surface area contributed by atoms with Gasteiger partial charge in [-0.3, -0.25) is 6.08 Å². The minimum absolute atomic E-state index is 0. The summed E-state index contributed by atoms with van der Waals surface area (Å²) < 4.78 is 0. The quantitative estimate of drug-likeness (QED) is 0.527. The number of hydrogen-bond donors (Lipinski definition) is 1. The fourth-order valence-corrected chi connectivity index (χ4v) is 1.80. The van der Waals surface area contributed by atoms with E-state index in [1.807, 2.05) is 0 Å². The molecule has 1 N–H and O–H groups in total. The van der Waals surface area contributed by atoms with Crippen molar-refractivity contribution in [1.29, 1.82) is 0 Å². The molecule has 4 heteroatoms. The molecule has 0 unspecified atom stereocenters. The summed E-state index contributed by atoms with van der Waals surface area (Å²) in [5.74, 6) is 0. The number of aliphatic hydroxyl groups is 1. The van der Waals surface area contributed by atoms with Crippen LogP contribution in [0.3, 0.4) is 0 Å². The SMILES string of the molecule is OCCC1=[C-]CC=C1C1=CC=CC1.[Cl-].[Cl-].[Zr+3]. The topological polar surface area (TPSA) is 20.2 Å². The summed E-state index contributed by atoms with van der Waals surface area (Å²) in [6, 6.07) is 0. The Bertz CT molecular complexity index is 330. The summed E-state index contributed by atoms with van der Waals surface area (Å²) in [6.45, 7) is 0.223. The molecule has 1 nitrogen and oxygen atoms in total. The van der Waals surface area contributed by atoms with Crippen molar-refractivity contribution in [2.75, 3.05) is 6.61 Å². The smallest absolute Gasteiger partial charge is 1.00 e. The third kappa shape index (κ3) is 4.33. The second kappa shape index (κ2) is 9.42. The maximum atomic E-state index is 8.86. The second-order valence-electron chi connectivity index (χ2n) is 3.28. The van der Waals surface area contributed by atoms with Gasteiger partial charge >= 0.3 is 26.2 Å². The van der Waals surface area contributed by atoms with Crippen LogP contribution in [0.1, 0.15) is 19.3 Å². The van der Waals surface area contributed by atoms with Gasteiger partial charge in [0.2, 0.25) is 0 Å². The number of hydrogen-bond acceptors (Lipinski definition) is 1. The molecule has 0 heterocycles. The molecule has 0 aromatic heterocycles. The summed E-state index contributed by atoms with van der Waals surface area (Å²) in [4.78, 5) is 0. The molecule has 85 valence electrons. The van der Waals surface area contributed by atoms with E-state index in [1.165, 1.54) is 16.7 Å². The summed E-state index contributed by atoms with van der Waals surface area (Å²) in [6.07, 6.45) is 14.5. The fourth-order valence-electron chi connectivity index (χ4n) is 1.80. The van der Waals surface area contributed by atoms with E-state index in [0.29, 0.717) is 0 Å². The Hall–Kier alpha value is 0.383. The number of rotatable bonds is 3. The monoisotopic (exact) mass is 333 g/mol. The van der Waals surface area contributed by atoms with E-state index in [9.17, 15) is 0 Å². The molecule has 0 atom stereocenters. The predicted molar refractivity (Wildman–Crippen MR) is 53.0 cm³/mol. The van der Waals surface area contributed by atoms with Gasteiger partial charge in [0.05, 0.1) is 0 Å². The largest absolute Gasteiger partial charge is 3.00 e. The van der Waals surface area contributed by atoms with Gasteiger partial charge in [-0.05, 0) is 12.8 Å². The first-order chi connectivity index (χ1) is 6.42. The molecule has 16 heavy (non-hydrogen) atoms. The van der Waals surface area contributed by atoms with Crippen LogP contribution < -0.4 is 24.8 Å². The van der Waals surface area contributed by atoms with Crippen LogP contribution in [0.25, 0.3) is 0 Å². The van der Waals surface area contributed by atoms with Gasteiger partial charge in [-0.1, -0.05) is 18.2 Å². The van der Waals surface area contributed by atoms with Gasteiger partial charge in [0.25, 0.3) is 0 Å². The van der Waals surface area contributed by atoms with E-state index in [0.717, 1.165) is 19.3 Å². The molecule has 0 spiro atoms. The predicted octanol–water partition coefficient (Wildman–Crippen LogP) is -3.68. The molecule has 0 bridgehead atoms. The zero-order valence-corrected chi connectivity index (χ0v) is 12.8. The van der Waals surface area contributed by atoms with Gasteiger partial charge in [0.1, 0.15) is 0 Å². The van der Waals surface area contributed by atoms with Crippen molar-refractivity contribution in [3.8, 4) is 0 Å². The van der Waals surface area contributed by atoms with Gasteiger partial charge in [0, 0.05) is 6.61 Å². The van der Waals surface area contributed by atoms with Gasteiger partial charge in [0.15, 0.2) is 0 Å². The van der Waals surface area contributed by atoms with E-state index < -0.39 is 0 Å². The first-order valence-corrected chi connectivity index (χ1v) is 4.69. The van der Waals surface area contributed by atoms with Crippen molar-refractivity contribution < 1.29 is 56.1 Å². The van der Waals surface area contributed by atoms with Gasteiger partial charge in [-0.15, -0.1) is 12.0 Å².